The predicted octanol–water partition coefficient (Wildman–Crippen LogP) is 2.21. The normalized spacial score (nSPS) is 26.9. The van der Waals surface area contributed by atoms with Crippen LogP contribution in [0.5, 0.6) is 0 Å². The zero-order valence-electron chi connectivity index (χ0n) is 12.5. The molecule has 3 N–H and O–H groups in total. The van der Waals surface area contributed by atoms with Gasteiger partial charge in [0, 0.05) is 12.6 Å². The molecule has 2 rings (SSSR count). The van der Waals surface area contributed by atoms with Crippen molar-refractivity contribution in [2.45, 2.75) is 38.1 Å². The number of hydrogen-bond donors (Lipinski definition) is 2. The van der Waals surface area contributed by atoms with Crippen molar-refractivity contribution >= 4 is 0 Å². The second-order valence-corrected chi connectivity index (χ2v) is 5.84. The standard InChI is InChI=1S/C17H28N2O/c1-2-19(10-11-20)17-12-15(8-9-16(17)13-18)14-6-4-3-5-7-14/h3-7,15-17,20H,2,8-13,18H2,1H3. The first-order valence-corrected chi connectivity index (χ1v) is 7.90. The molecule has 1 aromatic carbocycles. The van der Waals surface area contributed by atoms with Crippen molar-refractivity contribution in [2.24, 2.45) is 11.7 Å². The molecule has 20 heavy (non-hydrogen) atoms. The first kappa shape index (κ1) is 15.5. The number of aliphatic hydroxyl groups is 1. The topological polar surface area (TPSA) is 49.5 Å². The van der Waals surface area contributed by atoms with Crippen LogP contribution in [-0.2, 0) is 0 Å². The molecule has 0 amide bonds. The van der Waals surface area contributed by atoms with Gasteiger partial charge in [0.1, 0.15) is 0 Å². The van der Waals surface area contributed by atoms with Gasteiger partial charge in [-0.2, -0.15) is 0 Å². The molecule has 1 aliphatic carbocycles. The van der Waals surface area contributed by atoms with Crippen LogP contribution in [-0.4, -0.2) is 42.3 Å². The van der Waals surface area contributed by atoms with Crippen molar-refractivity contribution in [1.82, 2.24) is 4.90 Å². The lowest BCUT2D eigenvalue weighted by Crippen LogP contribution is -2.47. The Hall–Kier alpha value is -0.900. The van der Waals surface area contributed by atoms with Crippen LogP contribution in [0.3, 0.4) is 0 Å². The lowest BCUT2D eigenvalue weighted by Gasteiger charge is -2.42. The maximum atomic E-state index is 9.27. The number of likely N-dealkylation sites (N-methyl/N-ethyl adjacent to an activating group) is 1. The molecule has 1 fully saturated rings. The lowest BCUT2D eigenvalue weighted by molar-refractivity contribution is 0.0838. The fraction of sp³-hybridized carbons (Fsp3) is 0.647. The van der Waals surface area contributed by atoms with Gasteiger partial charge in [-0.25, -0.2) is 0 Å². The van der Waals surface area contributed by atoms with Gasteiger partial charge in [0.05, 0.1) is 6.61 Å². The summed E-state index contributed by atoms with van der Waals surface area (Å²) in [7, 11) is 0. The van der Waals surface area contributed by atoms with Gasteiger partial charge < -0.3 is 10.8 Å². The molecule has 3 heteroatoms. The Morgan fingerprint density at radius 3 is 2.60 bits per heavy atom. The minimum atomic E-state index is 0.234. The van der Waals surface area contributed by atoms with Crippen LogP contribution in [0, 0.1) is 5.92 Å². The minimum absolute atomic E-state index is 0.234. The molecule has 0 radical (unpaired) electrons. The number of nitrogens with two attached hydrogens (primary N) is 1. The van der Waals surface area contributed by atoms with Crippen molar-refractivity contribution in [3.63, 3.8) is 0 Å². The first-order chi connectivity index (χ1) is 9.80. The summed E-state index contributed by atoms with van der Waals surface area (Å²) in [5.74, 6) is 1.21. The molecular formula is C17H28N2O. The Morgan fingerprint density at radius 2 is 2.00 bits per heavy atom. The van der Waals surface area contributed by atoms with Crippen LogP contribution >= 0.6 is 0 Å². The van der Waals surface area contributed by atoms with Crippen LogP contribution in [0.25, 0.3) is 0 Å². The fourth-order valence-corrected chi connectivity index (χ4v) is 3.65. The Morgan fingerprint density at radius 1 is 1.25 bits per heavy atom. The molecule has 0 bridgehead atoms. The summed E-state index contributed by atoms with van der Waals surface area (Å²) < 4.78 is 0. The molecule has 0 spiro atoms. The highest BCUT2D eigenvalue weighted by Gasteiger charge is 2.33. The lowest BCUT2D eigenvalue weighted by atomic mass is 9.75. The van der Waals surface area contributed by atoms with E-state index in [4.69, 9.17) is 5.73 Å². The number of benzene rings is 1. The van der Waals surface area contributed by atoms with E-state index in [9.17, 15) is 5.11 Å². The summed E-state index contributed by atoms with van der Waals surface area (Å²) in [6.07, 6.45) is 3.60. The van der Waals surface area contributed by atoms with Crippen molar-refractivity contribution in [3.8, 4) is 0 Å². The maximum Gasteiger partial charge on any atom is 0.0558 e. The number of aliphatic hydroxyl groups excluding tert-OH is 1. The quantitative estimate of drug-likeness (QED) is 0.837. The summed E-state index contributed by atoms with van der Waals surface area (Å²) in [4.78, 5) is 2.41. The van der Waals surface area contributed by atoms with Crippen LogP contribution in [0.15, 0.2) is 30.3 Å². The zero-order valence-corrected chi connectivity index (χ0v) is 12.5. The smallest absolute Gasteiger partial charge is 0.0558 e. The molecule has 0 aromatic heterocycles. The minimum Gasteiger partial charge on any atom is -0.395 e. The largest absolute Gasteiger partial charge is 0.395 e. The molecule has 3 unspecified atom stereocenters. The van der Waals surface area contributed by atoms with Gasteiger partial charge in [-0.05, 0) is 49.8 Å². The van der Waals surface area contributed by atoms with Gasteiger partial charge in [0.15, 0.2) is 0 Å². The molecule has 0 aliphatic heterocycles. The molecule has 0 saturated heterocycles. The summed E-state index contributed by atoms with van der Waals surface area (Å²) >= 11 is 0. The van der Waals surface area contributed by atoms with E-state index in [1.165, 1.54) is 24.8 Å². The third kappa shape index (κ3) is 3.60. The summed E-state index contributed by atoms with van der Waals surface area (Å²) in [5, 5.41) is 9.27. The number of hydrogen-bond acceptors (Lipinski definition) is 3. The maximum absolute atomic E-state index is 9.27. The van der Waals surface area contributed by atoms with E-state index in [0.29, 0.717) is 17.9 Å². The average Bonchev–Trinajstić information content (AvgIpc) is 2.53. The van der Waals surface area contributed by atoms with Crippen LogP contribution < -0.4 is 5.73 Å². The molecule has 1 aromatic rings. The SMILES string of the molecule is CCN(CCO)C1CC(c2ccccc2)CCC1CN. The summed E-state index contributed by atoms with van der Waals surface area (Å²) in [6, 6.07) is 11.3. The van der Waals surface area contributed by atoms with E-state index in [2.05, 4.69) is 42.2 Å². The van der Waals surface area contributed by atoms with E-state index >= 15 is 0 Å². The van der Waals surface area contributed by atoms with Crippen molar-refractivity contribution in [1.29, 1.82) is 0 Å². The Labute approximate surface area is 122 Å². The van der Waals surface area contributed by atoms with Crippen LogP contribution in [0.4, 0.5) is 0 Å². The highest BCUT2D eigenvalue weighted by molar-refractivity contribution is 5.20. The first-order valence-electron chi connectivity index (χ1n) is 7.90. The molecule has 3 nitrogen and oxygen atoms in total. The highest BCUT2D eigenvalue weighted by Crippen LogP contribution is 2.37. The van der Waals surface area contributed by atoms with E-state index in [1.807, 2.05) is 0 Å². The van der Waals surface area contributed by atoms with Gasteiger partial charge in [0.2, 0.25) is 0 Å². The second-order valence-electron chi connectivity index (χ2n) is 5.84. The molecule has 1 saturated carbocycles. The van der Waals surface area contributed by atoms with E-state index in [1.54, 1.807) is 0 Å². The second kappa shape index (κ2) is 7.77. The van der Waals surface area contributed by atoms with Crippen molar-refractivity contribution in [3.05, 3.63) is 35.9 Å². The zero-order chi connectivity index (χ0) is 14.4. The Bertz CT molecular complexity index is 382. The van der Waals surface area contributed by atoms with Gasteiger partial charge in [-0.1, -0.05) is 37.3 Å². The van der Waals surface area contributed by atoms with E-state index in [0.717, 1.165) is 19.6 Å². The average molecular weight is 276 g/mol. The fourth-order valence-electron chi connectivity index (χ4n) is 3.65. The molecule has 112 valence electrons. The molecule has 0 heterocycles. The molecule has 1 aliphatic rings. The monoisotopic (exact) mass is 276 g/mol. The van der Waals surface area contributed by atoms with Crippen LogP contribution in [0.2, 0.25) is 0 Å². The highest BCUT2D eigenvalue weighted by atomic mass is 16.3. The summed E-state index contributed by atoms with van der Waals surface area (Å²) in [5.41, 5.74) is 7.43. The van der Waals surface area contributed by atoms with Crippen molar-refractivity contribution < 1.29 is 5.11 Å². The van der Waals surface area contributed by atoms with Gasteiger partial charge >= 0.3 is 0 Å². The van der Waals surface area contributed by atoms with Gasteiger partial charge in [0.25, 0.3) is 0 Å². The molecular weight excluding hydrogens is 248 g/mol. The van der Waals surface area contributed by atoms with Crippen LogP contribution in [0.1, 0.15) is 37.7 Å². The third-order valence-corrected chi connectivity index (χ3v) is 4.79. The predicted molar refractivity (Wildman–Crippen MR) is 83.7 cm³/mol. The Kier molecular flexibility index (Phi) is 6.02. The van der Waals surface area contributed by atoms with E-state index in [-0.39, 0.29) is 6.61 Å². The van der Waals surface area contributed by atoms with Crippen molar-refractivity contribution in [2.75, 3.05) is 26.2 Å². The third-order valence-electron chi connectivity index (χ3n) is 4.79. The summed E-state index contributed by atoms with van der Waals surface area (Å²) in [6.45, 7) is 4.92. The number of rotatable bonds is 6. The molecule has 3 atom stereocenters. The van der Waals surface area contributed by atoms with E-state index < -0.39 is 0 Å². The Balaban J connectivity index is 2.10. The van der Waals surface area contributed by atoms with Gasteiger partial charge in [-0.3, -0.25) is 4.90 Å². The van der Waals surface area contributed by atoms with Gasteiger partial charge in [-0.15, -0.1) is 0 Å². The number of nitrogens with zero attached hydrogens (tertiary/aromatic N) is 1.